The molecule has 0 aliphatic rings. The van der Waals surface area contributed by atoms with Crippen LogP contribution in [0.4, 0.5) is 0 Å². The second kappa shape index (κ2) is 4.11. The molecule has 1 rings (SSSR count). The van der Waals surface area contributed by atoms with E-state index in [0.29, 0.717) is 0 Å². The molecule has 0 aliphatic carbocycles. The molecule has 0 heterocycles. The zero-order chi connectivity index (χ0) is 15.1. The lowest BCUT2D eigenvalue weighted by molar-refractivity contribution is -0.927. The molecule has 0 radical (unpaired) electrons. The van der Waals surface area contributed by atoms with Crippen LogP contribution >= 0.6 is 0 Å². The number of hydrogen-bond donors (Lipinski definition) is 1. The lowest BCUT2D eigenvalue weighted by Crippen LogP contribution is -3.14. The van der Waals surface area contributed by atoms with Gasteiger partial charge in [0.15, 0.2) is 0 Å². The standard InChI is InChI=1S/C12H19NO/c1-10(13(14)12(2,3)4)11-8-6-5-7-9-11/h5-10,13H,1-4H3/i5D,6D,7D,8D,9D. The van der Waals surface area contributed by atoms with Gasteiger partial charge in [-0.05, 0) is 27.7 Å². The molecule has 78 valence electrons. The first-order valence-electron chi connectivity index (χ1n) is 7.11. The van der Waals surface area contributed by atoms with Crippen LogP contribution in [0.25, 0.3) is 0 Å². The Morgan fingerprint density at radius 2 is 1.79 bits per heavy atom. The average molecular weight is 198 g/mol. The molecule has 0 aromatic heterocycles. The maximum Gasteiger partial charge on any atom is 0.110 e. The van der Waals surface area contributed by atoms with Crippen molar-refractivity contribution in [1.82, 2.24) is 0 Å². The van der Waals surface area contributed by atoms with Gasteiger partial charge in [-0.3, -0.25) is 0 Å². The quantitative estimate of drug-likeness (QED) is 0.722. The summed E-state index contributed by atoms with van der Waals surface area (Å²) in [7, 11) is 0. The summed E-state index contributed by atoms with van der Waals surface area (Å²) in [6, 6.07) is -2.55. The average Bonchev–Trinajstić information content (AvgIpc) is 2.31. The Balaban J connectivity index is 3.44. The minimum atomic E-state index is -0.728. The van der Waals surface area contributed by atoms with Gasteiger partial charge in [-0.15, -0.1) is 0 Å². The molecule has 0 amide bonds. The highest BCUT2D eigenvalue weighted by atomic mass is 16.5. The molecule has 0 saturated carbocycles. The summed E-state index contributed by atoms with van der Waals surface area (Å²) in [5, 5.41) is 12.1. The van der Waals surface area contributed by atoms with Crippen LogP contribution in [0.3, 0.4) is 0 Å². The predicted molar refractivity (Wildman–Crippen MR) is 58.9 cm³/mol. The minimum absolute atomic E-state index is 0.0749. The predicted octanol–water partition coefficient (Wildman–Crippen LogP) is 1.93. The summed E-state index contributed by atoms with van der Waals surface area (Å²) < 4.78 is 38.4. The van der Waals surface area contributed by atoms with Crippen LogP contribution in [0.15, 0.2) is 30.2 Å². The van der Waals surface area contributed by atoms with Gasteiger partial charge in [-0.2, -0.15) is 0 Å². The Bertz CT molecular complexity index is 469. The van der Waals surface area contributed by atoms with Crippen molar-refractivity contribution in [3.8, 4) is 0 Å². The summed E-state index contributed by atoms with van der Waals surface area (Å²) in [5.74, 6) is 0. The van der Waals surface area contributed by atoms with Crippen molar-refractivity contribution in [3.63, 3.8) is 0 Å². The smallest absolute Gasteiger partial charge is 0.110 e. The van der Waals surface area contributed by atoms with E-state index in [1.807, 2.05) is 0 Å². The number of rotatable bonds is 2. The van der Waals surface area contributed by atoms with Crippen molar-refractivity contribution >= 4 is 0 Å². The largest absolute Gasteiger partial charge is 0.633 e. The fourth-order valence-electron chi connectivity index (χ4n) is 1.26. The van der Waals surface area contributed by atoms with Crippen molar-refractivity contribution in [2.24, 2.45) is 0 Å². The molecule has 1 N–H and O–H groups in total. The van der Waals surface area contributed by atoms with E-state index < -0.39 is 29.7 Å². The topological polar surface area (TPSA) is 27.5 Å². The number of hydroxylamine groups is 2. The molecule has 0 saturated heterocycles. The molecule has 2 atom stereocenters. The van der Waals surface area contributed by atoms with Crippen molar-refractivity contribution in [2.45, 2.75) is 39.3 Å². The summed E-state index contributed by atoms with van der Waals surface area (Å²) in [5.41, 5.74) is -0.548. The number of quaternary nitrogens is 1. The fourth-order valence-corrected chi connectivity index (χ4v) is 1.26. The number of nitrogens with one attached hydrogen (secondary N) is 1. The van der Waals surface area contributed by atoms with Crippen LogP contribution in [0.1, 0.15) is 46.2 Å². The molecule has 1 aromatic carbocycles. The van der Waals surface area contributed by atoms with E-state index in [-0.39, 0.29) is 22.7 Å². The zero-order valence-corrected chi connectivity index (χ0v) is 8.99. The Kier molecular flexibility index (Phi) is 1.73. The van der Waals surface area contributed by atoms with E-state index in [4.69, 9.17) is 6.85 Å². The van der Waals surface area contributed by atoms with Crippen molar-refractivity contribution in [2.75, 3.05) is 0 Å². The van der Waals surface area contributed by atoms with Gasteiger partial charge in [0.2, 0.25) is 0 Å². The van der Waals surface area contributed by atoms with E-state index in [1.54, 1.807) is 27.7 Å². The van der Waals surface area contributed by atoms with Gasteiger partial charge in [0.05, 0.1) is 12.4 Å². The molecule has 2 unspecified atom stereocenters. The Morgan fingerprint density at radius 3 is 2.21 bits per heavy atom. The van der Waals surface area contributed by atoms with Gasteiger partial charge in [0.1, 0.15) is 6.04 Å². The molecule has 2 nitrogen and oxygen atoms in total. The maximum absolute atomic E-state index is 12.2. The van der Waals surface area contributed by atoms with Gasteiger partial charge in [0, 0.05) is 5.56 Å². The summed E-state index contributed by atoms with van der Waals surface area (Å²) in [6.45, 7) is 6.84. The van der Waals surface area contributed by atoms with E-state index >= 15 is 0 Å². The Morgan fingerprint density at radius 1 is 1.29 bits per heavy atom. The number of hydrogen-bond acceptors (Lipinski definition) is 1. The summed E-state index contributed by atoms with van der Waals surface area (Å²) in [6.07, 6.45) is 0. The Hall–Kier alpha value is -0.860. The molecule has 0 aliphatic heterocycles. The highest BCUT2D eigenvalue weighted by Crippen LogP contribution is 2.10. The zero-order valence-electron chi connectivity index (χ0n) is 14.0. The van der Waals surface area contributed by atoms with Crippen LogP contribution in [0, 0.1) is 5.21 Å². The van der Waals surface area contributed by atoms with Gasteiger partial charge in [0.25, 0.3) is 0 Å². The van der Waals surface area contributed by atoms with Crippen LogP contribution in [0.2, 0.25) is 0 Å². The normalized spacial score (nSPS) is 21.4. The minimum Gasteiger partial charge on any atom is -0.633 e. The molecular weight excluding hydrogens is 174 g/mol. The third kappa shape index (κ3) is 2.56. The second-order valence-corrected chi connectivity index (χ2v) is 4.37. The molecule has 14 heavy (non-hydrogen) atoms. The van der Waals surface area contributed by atoms with E-state index in [0.717, 1.165) is 0 Å². The van der Waals surface area contributed by atoms with Gasteiger partial charge < -0.3 is 10.3 Å². The van der Waals surface area contributed by atoms with E-state index in [1.165, 1.54) is 0 Å². The SMILES string of the molecule is [2H]c1c([2H])c([2H])c(C(C)[NH+]([O-])C(C)(C)C)c([2H])c1[2H]. The molecule has 0 spiro atoms. The van der Waals surface area contributed by atoms with Crippen LogP contribution in [0.5, 0.6) is 0 Å². The van der Waals surface area contributed by atoms with E-state index in [2.05, 4.69) is 0 Å². The van der Waals surface area contributed by atoms with Crippen molar-refractivity contribution < 1.29 is 11.9 Å². The van der Waals surface area contributed by atoms with Crippen molar-refractivity contribution in [3.05, 3.63) is 41.0 Å². The lowest BCUT2D eigenvalue weighted by Gasteiger charge is -2.40. The van der Waals surface area contributed by atoms with Gasteiger partial charge in [-0.25, -0.2) is 0 Å². The van der Waals surface area contributed by atoms with Crippen LogP contribution in [-0.4, -0.2) is 5.54 Å². The highest BCUT2D eigenvalue weighted by Gasteiger charge is 2.23. The first kappa shape index (κ1) is 5.89. The van der Waals surface area contributed by atoms with Crippen molar-refractivity contribution in [1.29, 1.82) is 0 Å². The molecule has 1 aromatic rings. The second-order valence-electron chi connectivity index (χ2n) is 4.37. The third-order valence-electron chi connectivity index (χ3n) is 2.08. The molecule has 0 bridgehead atoms. The monoisotopic (exact) mass is 198 g/mol. The Labute approximate surface area is 93.2 Å². The number of benzene rings is 1. The molecular formula is C12H19NO. The summed E-state index contributed by atoms with van der Waals surface area (Å²) in [4.78, 5) is 0. The van der Waals surface area contributed by atoms with Gasteiger partial charge >= 0.3 is 0 Å². The van der Waals surface area contributed by atoms with Crippen LogP contribution in [-0.2, 0) is 0 Å². The van der Waals surface area contributed by atoms with E-state index in [9.17, 15) is 5.21 Å². The van der Waals surface area contributed by atoms with Crippen LogP contribution < -0.4 is 5.06 Å². The maximum atomic E-state index is 12.2. The summed E-state index contributed by atoms with van der Waals surface area (Å²) >= 11 is 0. The first-order valence-corrected chi connectivity index (χ1v) is 4.61. The third-order valence-corrected chi connectivity index (χ3v) is 2.08. The first-order chi connectivity index (χ1) is 8.50. The molecule has 2 heteroatoms. The highest BCUT2D eigenvalue weighted by molar-refractivity contribution is 5.16. The molecule has 0 fully saturated rings. The van der Waals surface area contributed by atoms with Gasteiger partial charge in [-0.1, -0.05) is 30.2 Å². The fraction of sp³-hybridized carbons (Fsp3) is 0.500. The lowest BCUT2D eigenvalue weighted by atomic mass is 10.0.